The van der Waals surface area contributed by atoms with E-state index in [1.54, 1.807) is 7.11 Å². The lowest BCUT2D eigenvalue weighted by Crippen LogP contribution is -2.18. The quantitative estimate of drug-likeness (QED) is 0.706. The normalized spacial score (nSPS) is 12.4. The van der Waals surface area contributed by atoms with Gasteiger partial charge in [0, 0.05) is 17.6 Å². The fourth-order valence-corrected chi connectivity index (χ4v) is 2.02. The standard InChI is InChI=1S/C14H22BrNO3/c1-11(16)9-12-10-13(3-4-14(12)15)19-8-7-18-6-5-17-2/h3-4,10-11H,5-9,16H2,1-2H3. The van der Waals surface area contributed by atoms with Gasteiger partial charge < -0.3 is 19.9 Å². The van der Waals surface area contributed by atoms with E-state index in [2.05, 4.69) is 15.9 Å². The highest BCUT2D eigenvalue weighted by Crippen LogP contribution is 2.23. The fraction of sp³-hybridized carbons (Fsp3) is 0.571. The van der Waals surface area contributed by atoms with Crippen molar-refractivity contribution in [3.63, 3.8) is 0 Å². The van der Waals surface area contributed by atoms with E-state index < -0.39 is 0 Å². The Morgan fingerprint density at radius 3 is 2.63 bits per heavy atom. The second kappa shape index (κ2) is 9.31. The molecule has 2 N–H and O–H groups in total. The van der Waals surface area contributed by atoms with Gasteiger partial charge in [-0.1, -0.05) is 15.9 Å². The van der Waals surface area contributed by atoms with Crippen LogP contribution < -0.4 is 10.5 Å². The molecule has 19 heavy (non-hydrogen) atoms. The molecule has 1 aromatic carbocycles. The summed E-state index contributed by atoms with van der Waals surface area (Å²) in [4.78, 5) is 0. The summed E-state index contributed by atoms with van der Waals surface area (Å²) in [5.74, 6) is 0.842. The van der Waals surface area contributed by atoms with Gasteiger partial charge in [-0.05, 0) is 37.1 Å². The van der Waals surface area contributed by atoms with Gasteiger partial charge in [-0.3, -0.25) is 0 Å². The number of ether oxygens (including phenoxy) is 3. The van der Waals surface area contributed by atoms with Gasteiger partial charge in [0.15, 0.2) is 0 Å². The van der Waals surface area contributed by atoms with Gasteiger partial charge in [-0.15, -0.1) is 0 Å². The molecule has 1 unspecified atom stereocenters. The van der Waals surface area contributed by atoms with Crippen LogP contribution in [0.4, 0.5) is 0 Å². The fourth-order valence-electron chi connectivity index (χ4n) is 1.61. The van der Waals surface area contributed by atoms with Crippen LogP contribution in [0.25, 0.3) is 0 Å². The summed E-state index contributed by atoms with van der Waals surface area (Å²) in [5, 5.41) is 0. The van der Waals surface area contributed by atoms with Crippen LogP contribution >= 0.6 is 15.9 Å². The van der Waals surface area contributed by atoms with Gasteiger partial charge in [0.25, 0.3) is 0 Å². The second-order valence-corrected chi connectivity index (χ2v) is 5.24. The van der Waals surface area contributed by atoms with Crippen LogP contribution in [0.15, 0.2) is 22.7 Å². The molecule has 1 rings (SSSR count). The summed E-state index contributed by atoms with van der Waals surface area (Å²) in [6.07, 6.45) is 0.822. The summed E-state index contributed by atoms with van der Waals surface area (Å²) in [5.41, 5.74) is 6.98. The monoisotopic (exact) mass is 331 g/mol. The molecule has 0 radical (unpaired) electrons. The Morgan fingerprint density at radius 1 is 1.21 bits per heavy atom. The molecule has 0 aromatic heterocycles. The number of hydrogen-bond donors (Lipinski definition) is 1. The van der Waals surface area contributed by atoms with Crippen molar-refractivity contribution in [3.05, 3.63) is 28.2 Å². The van der Waals surface area contributed by atoms with Crippen LogP contribution in [0, 0.1) is 0 Å². The molecule has 0 bridgehead atoms. The zero-order valence-electron chi connectivity index (χ0n) is 11.5. The maximum absolute atomic E-state index is 5.82. The van der Waals surface area contributed by atoms with Gasteiger partial charge in [-0.25, -0.2) is 0 Å². The molecule has 0 amide bonds. The number of methoxy groups -OCH3 is 1. The SMILES string of the molecule is COCCOCCOc1ccc(Br)c(CC(C)N)c1. The molecule has 5 heteroatoms. The maximum atomic E-state index is 5.82. The highest BCUT2D eigenvalue weighted by Gasteiger charge is 2.05. The number of nitrogens with two attached hydrogens (primary N) is 1. The van der Waals surface area contributed by atoms with Crippen LogP contribution in [-0.4, -0.2) is 39.6 Å². The number of rotatable bonds is 9. The first-order valence-corrected chi connectivity index (χ1v) is 7.16. The van der Waals surface area contributed by atoms with E-state index in [1.807, 2.05) is 25.1 Å². The average Bonchev–Trinajstić information content (AvgIpc) is 2.37. The van der Waals surface area contributed by atoms with Crippen LogP contribution in [0.3, 0.4) is 0 Å². The summed E-state index contributed by atoms with van der Waals surface area (Å²) < 4.78 is 16.9. The minimum absolute atomic E-state index is 0.129. The predicted octanol–water partition coefficient (Wildman–Crippen LogP) is 2.38. The molecule has 0 saturated carbocycles. The van der Waals surface area contributed by atoms with Crippen LogP contribution in [0.5, 0.6) is 5.75 Å². The molecule has 0 aliphatic heterocycles. The predicted molar refractivity (Wildman–Crippen MR) is 79.7 cm³/mol. The Kier molecular flexibility index (Phi) is 8.05. The first-order chi connectivity index (χ1) is 9.13. The minimum Gasteiger partial charge on any atom is -0.491 e. The zero-order valence-corrected chi connectivity index (χ0v) is 13.1. The Bertz CT molecular complexity index is 372. The lowest BCUT2D eigenvalue weighted by Gasteiger charge is -2.11. The first kappa shape index (κ1) is 16.4. The van der Waals surface area contributed by atoms with Gasteiger partial charge in [-0.2, -0.15) is 0 Å². The number of benzene rings is 1. The van der Waals surface area contributed by atoms with Crippen molar-refractivity contribution in [2.45, 2.75) is 19.4 Å². The molecule has 0 spiro atoms. The van der Waals surface area contributed by atoms with E-state index in [0.29, 0.717) is 26.4 Å². The third-order valence-corrected chi connectivity index (χ3v) is 3.26. The molecule has 0 aliphatic carbocycles. The smallest absolute Gasteiger partial charge is 0.119 e. The lowest BCUT2D eigenvalue weighted by molar-refractivity contribution is 0.0544. The van der Waals surface area contributed by atoms with E-state index in [0.717, 1.165) is 22.2 Å². The first-order valence-electron chi connectivity index (χ1n) is 6.37. The van der Waals surface area contributed by atoms with Gasteiger partial charge in [0.2, 0.25) is 0 Å². The van der Waals surface area contributed by atoms with Crippen molar-refractivity contribution >= 4 is 15.9 Å². The van der Waals surface area contributed by atoms with Crippen molar-refractivity contribution < 1.29 is 14.2 Å². The van der Waals surface area contributed by atoms with E-state index >= 15 is 0 Å². The van der Waals surface area contributed by atoms with Crippen molar-refractivity contribution in [2.24, 2.45) is 5.73 Å². The van der Waals surface area contributed by atoms with E-state index in [4.69, 9.17) is 19.9 Å². The number of hydrogen-bond acceptors (Lipinski definition) is 4. The summed E-state index contributed by atoms with van der Waals surface area (Å²) in [6.45, 7) is 4.28. The summed E-state index contributed by atoms with van der Waals surface area (Å²) >= 11 is 3.52. The molecule has 4 nitrogen and oxygen atoms in total. The number of halogens is 1. The third kappa shape index (κ3) is 6.92. The van der Waals surface area contributed by atoms with Crippen molar-refractivity contribution in [1.82, 2.24) is 0 Å². The van der Waals surface area contributed by atoms with Gasteiger partial charge in [0.05, 0.1) is 19.8 Å². The Balaban J connectivity index is 2.37. The molecule has 0 fully saturated rings. The molecular formula is C14H22BrNO3. The molecule has 0 saturated heterocycles. The Hall–Kier alpha value is -0.620. The zero-order chi connectivity index (χ0) is 14.1. The van der Waals surface area contributed by atoms with E-state index in [-0.39, 0.29) is 6.04 Å². The maximum Gasteiger partial charge on any atom is 0.119 e. The molecule has 0 heterocycles. The molecule has 1 aromatic rings. The summed E-state index contributed by atoms with van der Waals surface area (Å²) in [7, 11) is 1.65. The average molecular weight is 332 g/mol. The van der Waals surface area contributed by atoms with Crippen LogP contribution in [0.1, 0.15) is 12.5 Å². The van der Waals surface area contributed by atoms with Crippen molar-refractivity contribution in [1.29, 1.82) is 0 Å². The van der Waals surface area contributed by atoms with Gasteiger partial charge >= 0.3 is 0 Å². The van der Waals surface area contributed by atoms with E-state index in [9.17, 15) is 0 Å². The Labute approximate surface area is 123 Å². The second-order valence-electron chi connectivity index (χ2n) is 4.39. The largest absolute Gasteiger partial charge is 0.491 e. The molecule has 0 aliphatic rings. The third-order valence-electron chi connectivity index (χ3n) is 2.49. The van der Waals surface area contributed by atoms with Crippen molar-refractivity contribution in [2.75, 3.05) is 33.5 Å². The van der Waals surface area contributed by atoms with Crippen LogP contribution in [0.2, 0.25) is 0 Å². The highest BCUT2D eigenvalue weighted by atomic mass is 79.9. The molecule has 1 atom stereocenters. The van der Waals surface area contributed by atoms with Crippen LogP contribution in [-0.2, 0) is 15.9 Å². The lowest BCUT2D eigenvalue weighted by atomic mass is 10.1. The Morgan fingerprint density at radius 2 is 1.95 bits per heavy atom. The topological polar surface area (TPSA) is 53.7 Å². The van der Waals surface area contributed by atoms with Crippen molar-refractivity contribution in [3.8, 4) is 5.75 Å². The minimum atomic E-state index is 0.129. The summed E-state index contributed by atoms with van der Waals surface area (Å²) in [6, 6.07) is 6.06. The van der Waals surface area contributed by atoms with E-state index in [1.165, 1.54) is 0 Å². The molecular weight excluding hydrogens is 310 g/mol. The molecule has 108 valence electrons. The van der Waals surface area contributed by atoms with Gasteiger partial charge in [0.1, 0.15) is 12.4 Å². The highest BCUT2D eigenvalue weighted by molar-refractivity contribution is 9.10.